The van der Waals surface area contributed by atoms with E-state index in [2.05, 4.69) is 4.74 Å². The molecule has 1 N–H and O–H groups in total. The van der Waals surface area contributed by atoms with Crippen molar-refractivity contribution in [2.75, 3.05) is 6.61 Å². The van der Waals surface area contributed by atoms with E-state index in [1.165, 1.54) is 0 Å². The number of hydrogen-bond acceptors (Lipinski definition) is 4. The van der Waals surface area contributed by atoms with E-state index in [0.717, 1.165) is 0 Å². The molecule has 0 aromatic carbocycles. The van der Waals surface area contributed by atoms with Gasteiger partial charge >= 0.3 is 5.97 Å². The Morgan fingerprint density at radius 3 is 2.50 bits per heavy atom. The van der Waals surface area contributed by atoms with Gasteiger partial charge in [0.2, 0.25) is 0 Å². The van der Waals surface area contributed by atoms with Crippen molar-refractivity contribution in [3.05, 3.63) is 11.3 Å². The van der Waals surface area contributed by atoms with Crippen LogP contribution in [-0.2, 0) is 9.53 Å². The summed E-state index contributed by atoms with van der Waals surface area (Å²) in [6, 6.07) is 1.59. The summed E-state index contributed by atoms with van der Waals surface area (Å²) in [5.41, 5.74) is -0.306. The van der Waals surface area contributed by atoms with Gasteiger partial charge in [0.05, 0.1) is 6.61 Å². The number of rotatable bonds is 3. The lowest BCUT2D eigenvalue weighted by molar-refractivity contribution is -0.138. The predicted octanol–water partition coefficient (Wildman–Crippen LogP) is 1.30. The Kier molecular flexibility index (Phi) is 4.54. The maximum absolute atomic E-state index is 10.9. The van der Waals surface area contributed by atoms with Crippen molar-refractivity contribution in [3.63, 3.8) is 0 Å². The van der Waals surface area contributed by atoms with Gasteiger partial charge in [0.15, 0.2) is 5.57 Å². The minimum absolute atomic E-state index is 0.195. The molecule has 0 spiro atoms. The van der Waals surface area contributed by atoms with Crippen LogP contribution in [0, 0.1) is 11.3 Å². The zero-order valence-corrected chi connectivity index (χ0v) is 7.13. The van der Waals surface area contributed by atoms with Crippen LogP contribution < -0.4 is 0 Å². The first kappa shape index (κ1) is 10.5. The molecule has 0 rings (SSSR count). The first-order valence-corrected chi connectivity index (χ1v) is 3.66. The highest BCUT2D eigenvalue weighted by Crippen LogP contribution is 2.06. The van der Waals surface area contributed by atoms with Gasteiger partial charge in [-0.2, -0.15) is 5.26 Å². The molecule has 0 fully saturated rings. The van der Waals surface area contributed by atoms with Gasteiger partial charge in [-0.3, -0.25) is 0 Å². The second-order valence-corrected chi connectivity index (χ2v) is 2.01. The molecule has 4 heteroatoms. The molecular formula is C8H11NO3. The summed E-state index contributed by atoms with van der Waals surface area (Å²) in [6.07, 6.45) is 0.252. The predicted molar refractivity (Wildman–Crippen MR) is 42.2 cm³/mol. The molecule has 0 aliphatic rings. The normalized spacial score (nSPS) is 11.4. The summed E-state index contributed by atoms with van der Waals surface area (Å²) in [5, 5.41) is 17.5. The highest BCUT2D eigenvalue weighted by atomic mass is 16.5. The SMILES string of the molecule is CCOC(=O)/C(C#N)=C(\O)CC. The smallest absolute Gasteiger partial charge is 0.352 e. The number of aliphatic hydroxyl groups excluding tert-OH is 1. The van der Waals surface area contributed by atoms with Crippen molar-refractivity contribution >= 4 is 5.97 Å². The fourth-order valence-corrected chi connectivity index (χ4v) is 0.608. The van der Waals surface area contributed by atoms with Gasteiger partial charge in [0, 0.05) is 6.42 Å². The van der Waals surface area contributed by atoms with Crippen molar-refractivity contribution in [1.82, 2.24) is 0 Å². The van der Waals surface area contributed by atoms with Crippen LogP contribution in [0.4, 0.5) is 0 Å². The molecule has 0 aliphatic heterocycles. The number of aliphatic hydroxyl groups is 1. The molecule has 0 amide bonds. The van der Waals surface area contributed by atoms with Crippen LogP contribution >= 0.6 is 0 Å². The zero-order chi connectivity index (χ0) is 9.56. The summed E-state index contributed by atoms with van der Waals surface area (Å²) >= 11 is 0. The summed E-state index contributed by atoms with van der Waals surface area (Å²) < 4.78 is 4.54. The van der Waals surface area contributed by atoms with Crippen molar-refractivity contribution in [3.8, 4) is 6.07 Å². The minimum Gasteiger partial charge on any atom is -0.511 e. The van der Waals surface area contributed by atoms with Gasteiger partial charge in [-0.25, -0.2) is 4.79 Å². The molecule has 0 aliphatic carbocycles. The second kappa shape index (κ2) is 5.19. The number of carbonyl (C=O) groups is 1. The lowest BCUT2D eigenvalue weighted by Crippen LogP contribution is -2.08. The van der Waals surface area contributed by atoms with E-state index in [4.69, 9.17) is 10.4 Å². The molecule has 0 saturated carbocycles. The standard InChI is InChI=1S/C8H11NO3/c1-3-7(10)6(5-9)8(11)12-4-2/h10H,3-4H2,1-2H3/b7-6-. The molecule has 0 bridgehead atoms. The van der Waals surface area contributed by atoms with Crippen LogP contribution in [0.15, 0.2) is 11.3 Å². The van der Waals surface area contributed by atoms with Gasteiger partial charge in [0.1, 0.15) is 11.8 Å². The maximum atomic E-state index is 10.9. The van der Waals surface area contributed by atoms with E-state index in [-0.39, 0.29) is 24.4 Å². The van der Waals surface area contributed by atoms with Crippen LogP contribution in [-0.4, -0.2) is 17.7 Å². The molecule has 0 unspecified atom stereocenters. The zero-order valence-electron chi connectivity index (χ0n) is 7.13. The molecular weight excluding hydrogens is 158 g/mol. The molecule has 0 atom stereocenters. The number of allylic oxidation sites excluding steroid dienone is 1. The number of nitrogens with zero attached hydrogens (tertiary/aromatic N) is 1. The molecule has 0 aromatic heterocycles. The van der Waals surface area contributed by atoms with Gasteiger partial charge in [-0.15, -0.1) is 0 Å². The first-order chi connectivity index (χ1) is 5.67. The molecule has 0 aromatic rings. The van der Waals surface area contributed by atoms with E-state index >= 15 is 0 Å². The Hall–Kier alpha value is -1.50. The Morgan fingerprint density at radius 2 is 2.17 bits per heavy atom. The van der Waals surface area contributed by atoms with Crippen LogP contribution in [0.1, 0.15) is 20.3 Å². The Labute approximate surface area is 71.1 Å². The number of esters is 1. The summed E-state index contributed by atoms with van der Waals surface area (Å²) in [6.45, 7) is 3.47. The van der Waals surface area contributed by atoms with E-state index in [9.17, 15) is 4.79 Å². The fraction of sp³-hybridized carbons (Fsp3) is 0.500. The van der Waals surface area contributed by atoms with Gasteiger partial charge in [-0.1, -0.05) is 6.92 Å². The van der Waals surface area contributed by atoms with E-state index in [0.29, 0.717) is 0 Å². The second-order valence-electron chi connectivity index (χ2n) is 2.01. The quantitative estimate of drug-likeness (QED) is 0.299. The molecule has 0 saturated heterocycles. The topological polar surface area (TPSA) is 70.3 Å². The highest BCUT2D eigenvalue weighted by molar-refractivity contribution is 5.93. The summed E-state index contributed by atoms with van der Waals surface area (Å²) in [5.74, 6) is -0.990. The Balaban J connectivity index is 4.59. The Bertz CT molecular complexity index is 237. The maximum Gasteiger partial charge on any atom is 0.352 e. The monoisotopic (exact) mass is 169 g/mol. The lowest BCUT2D eigenvalue weighted by atomic mass is 10.2. The van der Waals surface area contributed by atoms with E-state index in [1.54, 1.807) is 19.9 Å². The first-order valence-electron chi connectivity index (χ1n) is 3.66. The number of hydrogen-bond donors (Lipinski definition) is 1. The molecule has 0 radical (unpaired) electrons. The highest BCUT2D eigenvalue weighted by Gasteiger charge is 2.14. The van der Waals surface area contributed by atoms with Crippen molar-refractivity contribution in [2.45, 2.75) is 20.3 Å². The number of ether oxygens (including phenoxy) is 1. The minimum atomic E-state index is -0.764. The van der Waals surface area contributed by atoms with Gasteiger partial charge < -0.3 is 9.84 Å². The summed E-state index contributed by atoms with van der Waals surface area (Å²) in [7, 11) is 0. The molecule has 12 heavy (non-hydrogen) atoms. The van der Waals surface area contributed by atoms with Crippen LogP contribution in [0.3, 0.4) is 0 Å². The van der Waals surface area contributed by atoms with Crippen molar-refractivity contribution in [2.24, 2.45) is 0 Å². The van der Waals surface area contributed by atoms with Gasteiger partial charge in [-0.05, 0) is 6.92 Å². The molecule has 0 heterocycles. The summed E-state index contributed by atoms with van der Waals surface area (Å²) in [4.78, 5) is 10.9. The average molecular weight is 169 g/mol. The number of carbonyl (C=O) groups excluding carboxylic acids is 1. The van der Waals surface area contributed by atoms with Gasteiger partial charge in [0.25, 0.3) is 0 Å². The fourth-order valence-electron chi connectivity index (χ4n) is 0.608. The van der Waals surface area contributed by atoms with Crippen LogP contribution in [0.25, 0.3) is 0 Å². The lowest BCUT2D eigenvalue weighted by Gasteiger charge is -2.00. The van der Waals surface area contributed by atoms with Crippen LogP contribution in [0.5, 0.6) is 0 Å². The van der Waals surface area contributed by atoms with E-state index in [1.807, 2.05) is 0 Å². The third-order valence-electron chi connectivity index (χ3n) is 1.21. The third-order valence-corrected chi connectivity index (χ3v) is 1.21. The van der Waals surface area contributed by atoms with Crippen LogP contribution in [0.2, 0.25) is 0 Å². The third kappa shape index (κ3) is 2.62. The Morgan fingerprint density at radius 1 is 1.58 bits per heavy atom. The average Bonchev–Trinajstić information content (AvgIpc) is 2.06. The van der Waals surface area contributed by atoms with E-state index < -0.39 is 5.97 Å². The van der Waals surface area contributed by atoms with Crippen molar-refractivity contribution in [1.29, 1.82) is 5.26 Å². The number of nitriles is 1. The largest absolute Gasteiger partial charge is 0.511 e. The van der Waals surface area contributed by atoms with Crippen molar-refractivity contribution < 1.29 is 14.6 Å². The molecule has 66 valence electrons. The molecule has 4 nitrogen and oxygen atoms in total.